The van der Waals surface area contributed by atoms with Crippen molar-refractivity contribution in [2.24, 2.45) is 16.2 Å². The van der Waals surface area contributed by atoms with Gasteiger partial charge in [0.25, 0.3) is 0 Å². The Morgan fingerprint density at radius 2 is 1.51 bits per heavy atom. The van der Waals surface area contributed by atoms with Crippen LogP contribution in [0.15, 0.2) is 42.6 Å². The average Bonchev–Trinajstić information content (AvgIpc) is 3.89. The molecule has 4 aliphatic carbocycles. The van der Waals surface area contributed by atoms with Crippen molar-refractivity contribution in [2.45, 2.75) is 182 Å². The van der Waals surface area contributed by atoms with Gasteiger partial charge in [0.2, 0.25) is 0 Å². The molecular weight excluding hydrogens is 907 g/mol. The minimum absolute atomic E-state index is 0.00971. The van der Waals surface area contributed by atoms with Gasteiger partial charge in [0.05, 0.1) is 28.6 Å². The van der Waals surface area contributed by atoms with Crippen LogP contribution in [0, 0.1) is 30.1 Å². The summed E-state index contributed by atoms with van der Waals surface area (Å²) in [7, 11) is 2.26. The molecule has 2 unspecified atom stereocenters. The molecule has 71 heavy (non-hydrogen) atoms. The van der Waals surface area contributed by atoms with Gasteiger partial charge in [-0.05, 0) is 139 Å². The van der Waals surface area contributed by atoms with E-state index < -0.39 is 5.97 Å². The van der Waals surface area contributed by atoms with E-state index in [9.17, 15) is 14.7 Å². The third-order valence-corrected chi connectivity index (χ3v) is 17.4. The van der Waals surface area contributed by atoms with Crippen molar-refractivity contribution in [3.05, 3.63) is 65.1 Å². The minimum Gasteiger partial charge on any atom is -0.476 e. The van der Waals surface area contributed by atoms with Gasteiger partial charge in [-0.15, -0.1) is 10.2 Å². The fourth-order valence-electron chi connectivity index (χ4n) is 14.3. The van der Waals surface area contributed by atoms with Gasteiger partial charge in [-0.25, -0.2) is 14.8 Å². The molecular formula is C57H79N9O4S. The van der Waals surface area contributed by atoms with Crippen LogP contribution in [0.2, 0.25) is 0 Å². The molecule has 5 aliphatic rings. The lowest BCUT2D eigenvalue weighted by Gasteiger charge is -2.69. The normalized spacial score (nSPS) is 23.5. The molecule has 4 saturated carbocycles. The highest BCUT2D eigenvalue weighted by Gasteiger charge is 2.66. The summed E-state index contributed by atoms with van der Waals surface area (Å²) in [4.78, 5) is 38.2. The SMILES string of the molecule is CC(=O)CCCCCCCCCCCCCCN(C)CCOC12CC3(Cn4ncc(-c5ccc(N6CCCc7c6nnc(Nc6nc8ccccc8s6)c7C)nc5C(=O)O)c4C)C[C@@](C)(C1)C[C@](C)(C3)C2. The molecule has 4 bridgehead atoms. The molecule has 4 atom stereocenters. The van der Waals surface area contributed by atoms with E-state index in [1.807, 2.05) is 41.4 Å². The Hall–Kier alpha value is -4.79. The van der Waals surface area contributed by atoms with E-state index >= 15 is 0 Å². The van der Waals surface area contributed by atoms with E-state index in [0.717, 1.165) is 122 Å². The standard InChI is InChI=1S/C57H79N9O4S/c1-40(67)22-17-15-13-11-9-7-8-10-12-14-16-20-28-64(6)30-31-70-57-36-54(4)33-55(5,37-57)35-56(34-54,38-57)39-66-42(3)45(32-58-66)44-26-27-48(60-49(44)52(68)69)65-29-21-23-43-41(2)50(62-63-51(43)65)61-53-59-46-24-18-19-25-47(46)71-53/h18-19,24-27,32H,7-17,20-23,28-31,33-39H2,1-6H3,(H,68,69)(H,59,61,62)/t54-,55+,56?,57?. The summed E-state index contributed by atoms with van der Waals surface area (Å²) < 4.78 is 10.4. The molecule has 0 spiro atoms. The number of thiazole rings is 1. The first-order chi connectivity index (χ1) is 34.1. The number of carbonyl (C=O) groups excluding carboxylic acids is 1. The number of fused-ring (bicyclic) bond motifs is 2. The number of para-hydroxylation sites is 1. The Morgan fingerprint density at radius 1 is 0.817 bits per heavy atom. The number of likely N-dealkylation sites (N-methyl/N-ethyl adjacent to an activating group) is 1. The highest BCUT2D eigenvalue weighted by Crippen LogP contribution is 2.72. The van der Waals surface area contributed by atoms with Gasteiger partial charge in [-0.2, -0.15) is 5.10 Å². The summed E-state index contributed by atoms with van der Waals surface area (Å²) in [6.45, 7) is 15.1. The van der Waals surface area contributed by atoms with Gasteiger partial charge >= 0.3 is 5.97 Å². The largest absolute Gasteiger partial charge is 0.476 e. The van der Waals surface area contributed by atoms with E-state index in [0.29, 0.717) is 35.3 Å². The number of ketones is 1. The maximum atomic E-state index is 13.1. The number of carboxylic acid groups (broad SMARTS) is 1. The molecule has 4 fully saturated rings. The first-order valence-electron chi connectivity index (χ1n) is 27.0. The topological polar surface area (TPSA) is 151 Å². The predicted octanol–water partition coefficient (Wildman–Crippen LogP) is 13.2. The second kappa shape index (κ2) is 21.7. The number of carboxylic acids is 1. The molecule has 13 nitrogen and oxygen atoms in total. The summed E-state index contributed by atoms with van der Waals surface area (Å²) in [5.41, 5.74) is 5.73. The Labute approximate surface area is 426 Å². The maximum Gasteiger partial charge on any atom is 0.355 e. The number of hydrogen-bond acceptors (Lipinski definition) is 12. The minimum atomic E-state index is -1.07. The van der Waals surface area contributed by atoms with Crippen LogP contribution in [0.1, 0.15) is 176 Å². The van der Waals surface area contributed by atoms with E-state index in [2.05, 4.69) is 60.8 Å². The number of unbranched alkanes of at least 4 members (excludes halogenated alkanes) is 11. The molecule has 0 radical (unpaired) electrons. The van der Waals surface area contributed by atoms with Crippen LogP contribution in [-0.2, 0) is 22.5 Å². The summed E-state index contributed by atoms with van der Waals surface area (Å²) in [6.07, 6.45) is 26.6. The van der Waals surface area contributed by atoms with Gasteiger partial charge in [0.15, 0.2) is 22.5 Å². The van der Waals surface area contributed by atoms with Crippen LogP contribution in [0.4, 0.5) is 22.6 Å². The van der Waals surface area contributed by atoms with E-state index in [4.69, 9.17) is 24.9 Å². The number of ether oxygens (including phenoxy) is 1. The maximum absolute atomic E-state index is 13.1. The zero-order valence-corrected chi connectivity index (χ0v) is 44.4. The molecule has 2 N–H and O–H groups in total. The quantitative estimate of drug-likeness (QED) is 0.0507. The highest BCUT2D eigenvalue weighted by molar-refractivity contribution is 7.22. The number of hydrogen-bond donors (Lipinski definition) is 2. The first-order valence-corrected chi connectivity index (χ1v) is 27.8. The van der Waals surface area contributed by atoms with Crippen LogP contribution in [0.3, 0.4) is 0 Å². The molecule has 5 heterocycles. The second-order valence-electron chi connectivity index (χ2n) is 23.2. The fourth-order valence-corrected chi connectivity index (χ4v) is 15.2. The Kier molecular flexibility index (Phi) is 15.7. The molecule has 14 heteroatoms. The van der Waals surface area contributed by atoms with Crippen molar-refractivity contribution in [2.75, 3.05) is 43.5 Å². The first kappa shape index (κ1) is 51.1. The molecule has 1 aromatic carbocycles. The Balaban J connectivity index is 0.795. The fraction of sp³-hybridized carbons (Fsp3) is 0.632. The van der Waals surface area contributed by atoms with Crippen molar-refractivity contribution in [1.29, 1.82) is 0 Å². The van der Waals surface area contributed by atoms with Crippen molar-refractivity contribution >= 4 is 55.9 Å². The van der Waals surface area contributed by atoms with Gasteiger partial charge in [-0.3, -0.25) is 4.68 Å². The lowest BCUT2D eigenvalue weighted by atomic mass is 9.39. The van der Waals surface area contributed by atoms with Crippen LogP contribution in [0.25, 0.3) is 21.3 Å². The molecule has 5 aromatic rings. The number of rotatable bonds is 26. The van der Waals surface area contributed by atoms with Gasteiger partial charge in [-0.1, -0.05) is 102 Å². The molecule has 0 amide bonds. The molecule has 1 aliphatic heterocycles. The number of carbonyl (C=O) groups is 2. The Bertz CT molecular complexity index is 2630. The smallest absolute Gasteiger partial charge is 0.355 e. The summed E-state index contributed by atoms with van der Waals surface area (Å²) in [6, 6.07) is 11.9. The average molecular weight is 986 g/mol. The number of Topliss-reactive ketones (excluding diaryl/α,β-unsaturated/α-hetero) is 1. The van der Waals surface area contributed by atoms with Crippen LogP contribution >= 0.6 is 11.3 Å². The molecule has 10 rings (SSSR count). The van der Waals surface area contributed by atoms with Gasteiger partial charge in [0, 0.05) is 54.0 Å². The van der Waals surface area contributed by atoms with Crippen molar-refractivity contribution < 1.29 is 19.4 Å². The van der Waals surface area contributed by atoms with Crippen molar-refractivity contribution in [3.8, 4) is 11.1 Å². The summed E-state index contributed by atoms with van der Waals surface area (Å²) in [5, 5.41) is 29.2. The number of benzene rings is 1. The highest BCUT2D eigenvalue weighted by atomic mass is 32.1. The van der Waals surface area contributed by atoms with E-state index in [-0.39, 0.29) is 27.5 Å². The number of pyridine rings is 1. The lowest BCUT2D eigenvalue weighted by molar-refractivity contribution is -0.248. The number of anilines is 4. The third kappa shape index (κ3) is 11.9. The zero-order chi connectivity index (χ0) is 49.8. The van der Waals surface area contributed by atoms with E-state index in [1.54, 1.807) is 18.3 Å². The monoisotopic (exact) mass is 986 g/mol. The van der Waals surface area contributed by atoms with Gasteiger partial charge in [0.1, 0.15) is 11.6 Å². The molecule has 382 valence electrons. The number of nitrogens with zero attached hydrogens (tertiary/aromatic N) is 8. The zero-order valence-electron chi connectivity index (χ0n) is 43.6. The van der Waals surface area contributed by atoms with Crippen molar-refractivity contribution in [1.82, 2.24) is 34.8 Å². The number of aromatic nitrogens is 6. The molecule has 4 aromatic heterocycles. The number of aromatic carboxylic acids is 1. The summed E-state index contributed by atoms with van der Waals surface area (Å²) in [5.74, 6) is 1.18. The summed E-state index contributed by atoms with van der Waals surface area (Å²) >= 11 is 1.58. The lowest BCUT2D eigenvalue weighted by Crippen LogP contribution is -2.64. The second-order valence-corrected chi connectivity index (χ2v) is 24.3. The van der Waals surface area contributed by atoms with E-state index in [1.165, 1.54) is 77.0 Å². The van der Waals surface area contributed by atoms with Crippen LogP contribution in [0.5, 0.6) is 0 Å². The van der Waals surface area contributed by atoms with Gasteiger partial charge < -0.3 is 29.8 Å². The molecule has 0 saturated heterocycles. The predicted molar refractivity (Wildman–Crippen MR) is 285 cm³/mol. The van der Waals surface area contributed by atoms with Crippen LogP contribution in [-0.4, -0.2) is 90.6 Å². The van der Waals surface area contributed by atoms with Crippen LogP contribution < -0.4 is 10.2 Å². The third-order valence-electron chi connectivity index (χ3n) is 16.5. The van der Waals surface area contributed by atoms with Crippen molar-refractivity contribution in [3.63, 3.8) is 0 Å². The number of nitrogens with one attached hydrogen (secondary N) is 1. The Morgan fingerprint density at radius 3 is 2.20 bits per heavy atom.